The van der Waals surface area contributed by atoms with Crippen molar-refractivity contribution in [2.45, 2.75) is 71.4 Å². The van der Waals surface area contributed by atoms with Crippen LogP contribution in [-0.4, -0.2) is 36.1 Å². The highest BCUT2D eigenvalue weighted by Crippen LogP contribution is 2.24. The van der Waals surface area contributed by atoms with Crippen LogP contribution in [0.25, 0.3) is 0 Å². The van der Waals surface area contributed by atoms with E-state index >= 15 is 0 Å². The first-order valence-corrected chi connectivity index (χ1v) is 7.08. The van der Waals surface area contributed by atoms with Gasteiger partial charge in [-0.2, -0.15) is 0 Å². The minimum absolute atomic E-state index is 0.407. The Morgan fingerprint density at radius 2 is 1.75 bits per heavy atom. The molecule has 0 bridgehead atoms. The number of nitrogens with zero attached hydrogens (tertiary/aromatic N) is 1. The van der Waals surface area contributed by atoms with Gasteiger partial charge in [-0.25, -0.2) is 0 Å². The first-order valence-electron chi connectivity index (χ1n) is 7.08. The largest absolute Gasteiger partial charge is 0.314 e. The molecule has 2 nitrogen and oxygen atoms in total. The van der Waals surface area contributed by atoms with Gasteiger partial charge in [-0.3, -0.25) is 4.90 Å². The summed E-state index contributed by atoms with van der Waals surface area (Å²) in [6, 6.07) is 0.772. The second-order valence-corrected chi connectivity index (χ2v) is 5.78. The average Bonchev–Trinajstić information content (AvgIpc) is 2.27. The summed E-state index contributed by atoms with van der Waals surface area (Å²) in [6.07, 6.45) is 6.52. The summed E-state index contributed by atoms with van der Waals surface area (Å²) < 4.78 is 0. The van der Waals surface area contributed by atoms with Gasteiger partial charge in [-0.15, -0.1) is 0 Å². The minimum Gasteiger partial charge on any atom is -0.314 e. The van der Waals surface area contributed by atoms with Gasteiger partial charge in [0.1, 0.15) is 0 Å². The Hall–Kier alpha value is -0.0800. The molecule has 16 heavy (non-hydrogen) atoms. The van der Waals surface area contributed by atoms with E-state index in [4.69, 9.17) is 0 Å². The lowest BCUT2D eigenvalue weighted by Gasteiger charge is -2.43. The lowest BCUT2D eigenvalue weighted by atomic mass is 9.92. The quantitative estimate of drug-likeness (QED) is 0.749. The first kappa shape index (κ1) is 14.0. The SMILES string of the molecule is CCCNC1CCN(C(C)(C)CCC)CC1. The molecule has 0 radical (unpaired) electrons. The van der Waals surface area contributed by atoms with Crippen LogP contribution < -0.4 is 5.32 Å². The Kier molecular flexibility index (Phi) is 5.77. The molecule has 1 aliphatic heterocycles. The fourth-order valence-electron chi connectivity index (χ4n) is 2.81. The van der Waals surface area contributed by atoms with E-state index in [0.29, 0.717) is 5.54 Å². The van der Waals surface area contributed by atoms with Crippen molar-refractivity contribution in [1.82, 2.24) is 10.2 Å². The maximum Gasteiger partial charge on any atom is 0.0153 e. The zero-order valence-electron chi connectivity index (χ0n) is 11.7. The van der Waals surface area contributed by atoms with Crippen LogP contribution in [0.2, 0.25) is 0 Å². The Morgan fingerprint density at radius 3 is 2.25 bits per heavy atom. The lowest BCUT2D eigenvalue weighted by molar-refractivity contribution is 0.0756. The molecule has 2 heteroatoms. The number of likely N-dealkylation sites (tertiary alicyclic amines) is 1. The van der Waals surface area contributed by atoms with E-state index in [1.807, 2.05) is 0 Å². The van der Waals surface area contributed by atoms with Gasteiger partial charge in [0.2, 0.25) is 0 Å². The zero-order chi connectivity index (χ0) is 12.0. The molecule has 1 N–H and O–H groups in total. The van der Waals surface area contributed by atoms with Crippen molar-refractivity contribution in [3.8, 4) is 0 Å². The molecule has 0 atom stereocenters. The van der Waals surface area contributed by atoms with E-state index < -0.39 is 0 Å². The van der Waals surface area contributed by atoms with Gasteiger partial charge in [0.15, 0.2) is 0 Å². The van der Waals surface area contributed by atoms with Crippen LogP contribution in [0, 0.1) is 0 Å². The molecule has 0 saturated carbocycles. The molecule has 0 unspecified atom stereocenters. The van der Waals surface area contributed by atoms with Gasteiger partial charge in [0, 0.05) is 24.7 Å². The summed E-state index contributed by atoms with van der Waals surface area (Å²) in [5.41, 5.74) is 0.407. The molecular weight excluding hydrogens is 196 g/mol. The third-order valence-electron chi connectivity index (χ3n) is 3.90. The standard InChI is InChI=1S/C14H30N2/c1-5-9-14(3,4)16-11-7-13(8-12-16)15-10-6-2/h13,15H,5-12H2,1-4H3. The van der Waals surface area contributed by atoms with Crippen LogP contribution in [0.15, 0.2) is 0 Å². The fraction of sp³-hybridized carbons (Fsp3) is 1.00. The molecule has 0 aromatic rings. The molecular formula is C14H30N2. The topological polar surface area (TPSA) is 15.3 Å². The van der Waals surface area contributed by atoms with Gasteiger partial charge in [-0.05, 0) is 46.1 Å². The minimum atomic E-state index is 0.407. The van der Waals surface area contributed by atoms with Crippen molar-refractivity contribution in [3.63, 3.8) is 0 Å². The molecule has 0 aliphatic carbocycles. The summed E-state index contributed by atoms with van der Waals surface area (Å²) in [7, 11) is 0. The molecule has 96 valence electrons. The van der Waals surface area contributed by atoms with Gasteiger partial charge < -0.3 is 5.32 Å². The van der Waals surface area contributed by atoms with E-state index in [-0.39, 0.29) is 0 Å². The Balaban J connectivity index is 2.30. The maximum atomic E-state index is 3.65. The van der Waals surface area contributed by atoms with E-state index in [0.717, 1.165) is 6.04 Å². The molecule has 1 fully saturated rings. The number of piperidine rings is 1. The van der Waals surface area contributed by atoms with Gasteiger partial charge in [0.25, 0.3) is 0 Å². The number of hydrogen-bond donors (Lipinski definition) is 1. The molecule has 0 amide bonds. The van der Waals surface area contributed by atoms with Crippen molar-refractivity contribution < 1.29 is 0 Å². The first-order chi connectivity index (χ1) is 7.60. The van der Waals surface area contributed by atoms with Crippen molar-refractivity contribution in [3.05, 3.63) is 0 Å². The van der Waals surface area contributed by atoms with E-state index in [9.17, 15) is 0 Å². The monoisotopic (exact) mass is 226 g/mol. The highest BCUT2D eigenvalue weighted by Gasteiger charge is 2.29. The Bertz CT molecular complexity index is 181. The van der Waals surface area contributed by atoms with Crippen molar-refractivity contribution >= 4 is 0 Å². The van der Waals surface area contributed by atoms with Crippen LogP contribution in [0.5, 0.6) is 0 Å². The van der Waals surface area contributed by atoms with Gasteiger partial charge in [0.05, 0.1) is 0 Å². The smallest absolute Gasteiger partial charge is 0.0153 e. The summed E-state index contributed by atoms with van der Waals surface area (Å²) in [4.78, 5) is 2.68. The van der Waals surface area contributed by atoms with Crippen molar-refractivity contribution in [1.29, 1.82) is 0 Å². The average molecular weight is 226 g/mol. The fourth-order valence-corrected chi connectivity index (χ4v) is 2.81. The van der Waals surface area contributed by atoms with E-state index in [1.54, 1.807) is 0 Å². The number of nitrogens with one attached hydrogen (secondary N) is 1. The zero-order valence-corrected chi connectivity index (χ0v) is 11.7. The van der Waals surface area contributed by atoms with Crippen LogP contribution in [0.3, 0.4) is 0 Å². The molecule has 1 aliphatic rings. The lowest BCUT2D eigenvalue weighted by Crippen LogP contribution is -2.51. The van der Waals surface area contributed by atoms with E-state index in [1.165, 1.54) is 51.7 Å². The maximum absolute atomic E-state index is 3.65. The summed E-state index contributed by atoms with van der Waals surface area (Å²) in [5, 5.41) is 3.65. The third kappa shape index (κ3) is 4.06. The van der Waals surface area contributed by atoms with Crippen LogP contribution in [0.1, 0.15) is 59.8 Å². The Morgan fingerprint density at radius 1 is 1.12 bits per heavy atom. The molecule has 0 aromatic heterocycles. The second kappa shape index (κ2) is 6.61. The molecule has 0 aromatic carbocycles. The van der Waals surface area contributed by atoms with Gasteiger partial charge >= 0.3 is 0 Å². The van der Waals surface area contributed by atoms with Crippen LogP contribution in [-0.2, 0) is 0 Å². The number of rotatable bonds is 6. The van der Waals surface area contributed by atoms with Crippen LogP contribution >= 0.6 is 0 Å². The summed E-state index contributed by atoms with van der Waals surface area (Å²) in [5.74, 6) is 0. The molecule has 0 spiro atoms. The van der Waals surface area contributed by atoms with Crippen molar-refractivity contribution in [2.75, 3.05) is 19.6 Å². The summed E-state index contributed by atoms with van der Waals surface area (Å²) in [6.45, 7) is 13.1. The predicted molar refractivity (Wildman–Crippen MR) is 71.9 cm³/mol. The Labute approximate surface area is 102 Å². The predicted octanol–water partition coefficient (Wildman–Crippen LogP) is 3.03. The normalized spacial score (nSPS) is 20.2. The van der Waals surface area contributed by atoms with Crippen LogP contribution in [0.4, 0.5) is 0 Å². The van der Waals surface area contributed by atoms with E-state index in [2.05, 4.69) is 37.9 Å². The van der Waals surface area contributed by atoms with Crippen molar-refractivity contribution in [2.24, 2.45) is 0 Å². The molecule has 1 saturated heterocycles. The highest BCUT2D eigenvalue weighted by atomic mass is 15.2. The number of hydrogen-bond acceptors (Lipinski definition) is 2. The van der Waals surface area contributed by atoms with Gasteiger partial charge in [-0.1, -0.05) is 20.3 Å². The molecule has 1 heterocycles. The summed E-state index contributed by atoms with van der Waals surface area (Å²) >= 11 is 0. The highest BCUT2D eigenvalue weighted by molar-refractivity contribution is 4.86. The molecule has 1 rings (SSSR count). The second-order valence-electron chi connectivity index (χ2n) is 5.78. The third-order valence-corrected chi connectivity index (χ3v) is 3.90.